The second-order valence-corrected chi connectivity index (χ2v) is 4.54. The van der Waals surface area contributed by atoms with E-state index in [0.29, 0.717) is 0 Å². The second kappa shape index (κ2) is 3.92. The van der Waals surface area contributed by atoms with E-state index in [2.05, 4.69) is 31.1 Å². The van der Waals surface area contributed by atoms with E-state index in [1.807, 2.05) is 47.7 Å². The van der Waals surface area contributed by atoms with Gasteiger partial charge in [0.05, 0.1) is 0 Å². The van der Waals surface area contributed by atoms with E-state index in [9.17, 15) is 0 Å². The van der Waals surface area contributed by atoms with Gasteiger partial charge < -0.3 is 0 Å². The number of fused-ring (bicyclic) bond motifs is 1. The molecule has 4 nitrogen and oxygen atoms in total. The van der Waals surface area contributed by atoms with Gasteiger partial charge in [-0.2, -0.15) is 0 Å². The Morgan fingerprint density at radius 3 is 2.71 bits per heavy atom. The van der Waals surface area contributed by atoms with Crippen LogP contribution in [0.2, 0.25) is 0 Å². The van der Waals surface area contributed by atoms with Crippen molar-refractivity contribution in [3.8, 4) is 11.5 Å². The van der Waals surface area contributed by atoms with Crippen molar-refractivity contribution in [2.75, 3.05) is 0 Å². The summed E-state index contributed by atoms with van der Waals surface area (Å²) >= 11 is 3.36. The third-order valence-corrected chi connectivity index (χ3v) is 3.01. The van der Waals surface area contributed by atoms with Crippen LogP contribution in [0.25, 0.3) is 17.2 Å². The Morgan fingerprint density at radius 2 is 1.88 bits per heavy atom. The average Bonchev–Trinajstić information content (AvgIpc) is 2.74. The zero-order chi connectivity index (χ0) is 11.8. The van der Waals surface area contributed by atoms with Crippen LogP contribution in [0.15, 0.2) is 41.0 Å². The Hall–Kier alpha value is -1.75. The van der Waals surface area contributed by atoms with Gasteiger partial charge in [0.2, 0.25) is 0 Å². The first-order valence-corrected chi connectivity index (χ1v) is 5.99. The number of hydrogen-bond donors (Lipinski definition) is 0. The maximum atomic E-state index is 4.40. The topological polar surface area (TPSA) is 43.1 Å². The molecule has 0 saturated carbocycles. The van der Waals surface area contributed by atoms with E-state index in [1.54, 1.807) is 0 Å². The van der Waals surface area contributed by atoms with Crippen LogP contribution in [-0.2, 0) is 0 Å². The molecule has 0 aliphatic carbocycles. The van der Waals surface area contributed by atoms with Gasteiger partial charge in [0.25, 0.3) is 0 Å². The highest BCUT2D eigenvalue weighted by Gasteiger charge is 2.10. The number of aryl methyl sites for hydroxylation is 1. The largest absolute Gasteiger partial charge is 0.278 e. The molecule has 0 fully saturated rings. The summed E-state index contributed by atoms with van der Waals surface area (Å²) in [5, 5.41) is 8.34. The molecule has 5 heteroatoms. The molecule has 0 N–H and O–H groups in total. The van der Waals surface area contributed by atoms with Crippen molar-refractivity contribution in [1.29, 1.82) is 0 Å². The third kappa shape index (κ3) is 1.72. The van der Waals surface area contributed by atoms with Gasteiger partial charge in [-0.15, -0.1) is 10.2 Å². The Morgan fingerprint density at radius 1 is 1.06 bits per heavy atom. The predicted molar refractivity (Wildman–Crippen MR) is 68.7 cm³/mol. The fourth-order valence-corrected chi connectivity index (χ4v) is 2.14. The Bertz CT molecular complexity index is 690. The number of nitrogens with zero attached hydrogens (tertiary/aromatic N) is 4. The Labute approximate surface area is 106 Å². The molecule has 0 unspecified atom stereocenters. The molecule has 84 valence electrons. The summed E-state index contributed by atoms with van der Waals surface area (Å²) in [5.41, 5.74) is 2.73. The minimum atomic E-state index is 0.763. The molecule has 0 radical (unpaired) electrons. The Kier molecular flexibility index (Phi) is 2.40. The molecule has 0 bridgehead atoms. The minimum Gasteiger partial charge on any atom is -0.278 e. The average molecular weight is 289 g/mol. The number of halogens is 1. The van der Waals surface area contributed by atoms with Crippen molar-refractivity contribution in [2.24, 2.45) is 0 Å². The van der Waals surface area contributed by atoms with Crippen molar-refractivity contribution in [2.45, 2.75) is 6.92 Å². The predicted octanol–water partition coefficient (Wildman–Crippen LogP) is 2.86. The number of pyridine rings is 2. The lowest BCUT2D eigenvalue weighted by Gasteiger charge is -2.02. The van der Waals surface area contributed by atoms with Crippen LogP contribution < -0.4 is 0 Å². The molecule has 0 atom stereocenters. The van der Waals surface area contributed by atoms with E-state index in [4.69, 9.17) is 0 Å². The first kappa shape index (κ1) is 10.4. The van der Waals surface area contributed by atoms with Crippen LogP contribution in [0.1, 0.15) is 5.69 Å². The first-order chi connectivity index (χ1) is 8.25. The molecule has 0 spiro atoms. The summed E-state index contributed by atoms with van der Waals surface area (Å²) in [4.78, 5) is 4.40. The van der Waals surface area contributed by atoms with Crippen molar-refractivity contribution < 1.29 is 0 Å². The van der Waals surface area contributed by atoms with E-state index < -0.39 is 0 Å². The number of rotatable bonds is 1. The van der Waals surface area contributed by atoms with Gasteiger partial charge in [-0.1, -0.05) is 12.1 Å². The normalized spacial score (nSPS) is 10.9. The molecule has 0 aromatic carbocycles. The van der Waals surface area contributed by atoms with E-state index in [1.165, 1.54) is 0 Å². The quantitative estimate of drug-likeness (QED) is 0.647. The fraction of sp³-hybridized carbons (Fsp3) is 0.0833. The molecule has 17 heavy (non-hydrogen) atoms. The highest BCUT2D eigenvalue weighted by molar-refractivity contribution is 9.10. The molecule has 3 heterocycles. The summed E-state index contributed by atoms with van der Waals surface area (Å²) in [7, 11) is 0. The second-order valence-electron chi connectivity index (χ2n) is 3.73. The van der Waals surface area contributed by atoms with Crippen molar-refractivity contribution in [3.63, 3.8) is 0 Å². The number of aromatic nitrogens is 4. The molecule has 0 aliphatic heterocycles. The molecular weight excluding hydrogens is 280 g/mol. The molecule has 3 aromatic heterocycles. The van der Waals surface area contributed by atoms with Gasteiger partial charge in [0.15, 0.2) is 11.5 Å². The highest BCUT2D eigenvalue weighted by Crippen LogP contribution is 2.19. The molecular formula is C12H9BrN4. The van der Waals surface area contributed by atoms with Gasteiger partial charge in [0, 0.05) is 5.69 Å². The van der Waals surface area contributed by atoms with Gasteiger partial charge in [-0.05, 0) is 47.1 Å². The van der Waals surface area contributed by atoms with Crippen LogP contribution in [-0.4, -0.2) is 19.6 Å². The van der Waals surface area contributed by atoms with Crippen LogP contribution in [0.4, 0.5) is 0 Å². The minimum absolute atomic E-state index is 0.763. The van der Waals surface area contributed by atoms with E-state index >= 15 is 0 Å². The maximum Gasteiger partial charge on any atom is 0.187 e. The third-order valence-electron chi connectivity index (χ3n) is 2.57. The van der Waals surface area contributed by atoms with Crippen molar-refractivity contribution in [1.82, 2.24) is 19.6 Å². The first-order valence-electron chi connectivity index (χ1n) is 5.19. The molecule has 0 amide bonds. The van der Waals surface area contributed by atoms with E-state index in [0.717, 1.165) is 27.5 Å². The standard InChI is InChI=1S/C12H9BrN4/c1-8-4-2-7-11-15-16-12(17(8)11)9-5-3-6-10(13)14-9/h2-7H,1H3. The van der Waals surface area contributed by atoms with Gasteiger partial charge in [0.1, 0.15) is 10.3 Å². The van der Waals surface area contributed by atoms with E-state index in [-0.39, 0.29) is 0 Å². The lowest BCUT2D eigenvalue weighted by molar-refractivity contribution is 1.05. The zero-order valence-electron chi connectivity index (χ0n) is 9.13. The molecule has 0 saturated heterocycles. The van der Waals surface area contributed by atoms with Gasteiger partial charge in [-0.3, -0.25) is 4.40 Å². The van der Waals surface area contributed by atoms with Gasteiger partial charge in [-0.25, -0.2) is 4.98 Å². The van der Waals surface area contributed by atoms with Crippen LogP contribution >= 0.6 is 15.9 Å². The summed E-state index contributed by atoms with van der Waals surface area (Å²) in [6.07, 6.45) is 0. The lowest BCUT2D eigenvalue weighted by atomic mass is 10.3. The van der Waals surface area contributed by atoms with Crippen LogP contribution in [0.5, 0.6) is 0 Å². The summed E-state index contributed by atoms with van der Waals surface area (Å²) in [6.45, 7) is 2.03. The van der Waals surface area contributed by atoms with Gasteiger partial charge >= 0.3 is 0 Å². The highest BCUT2D eigenvalue weighted by atomic mass is 79.9. The van der Waals surface area contributed by atoms with Crippen LogP contribution in [0, 0.1) is 6.92 Å². The monoisotopic (exact) mass is 288 g/mol. The van der Waals surface area contributed by atoms with Crippen molar-refractivity contribution >= 4 is 21.6 Å². The lowest BCUT2D eigenvalue weighted by Crippen LogP contribution is -1.95. The summed E-state index contributed by atoms with van der Waals surface area (Å²) in [5.74, 6) is 0.763. The van der Waals surface area contributed by atoms with Crippen molar-refractivity contribution in [3.05, 3.63) is 46.7 Å². The molecule has 0 aliphatic rings. The SMILES string of the molecule is Cc1cccc2nnc(-c3cccc(Br)n3)n12. The van der Waals surface area contributed by atoms with Crippen LogP contribution in [0.3, 0.4) is 0 Å². The summed E-state index contributed by atoms with van der Waals surface area (Å²) in [6, 6.07) is 11.7. The maximum absolute atomic E-state index is 4.40. The number of hydrogen-bond acceptors (Lipinski definition) is 3. The molecule has 3 aromatic rings. The molecule has 3 rings (SSSR count). The fourth-order valence-electron chi connectivity index (χ4n) is 1.80. The zero-order valence-corrected chi connectivity index (χ0v) is 10.7. The Balaban J connectivity index is 2.31. The smallest absolute Gasteiger partial charge is 0.187 e. The summed E-state index contributed by atoms with van der Waals surface area (Å²) < 4.78 is 2.79.